The highest BCUT2D eigenvalue weighted by Gasteiger charge is 2.35. The Morgan fingerprint density at radius 1 is 1.15 bits per heavy atom. The molecule has 0 saturated heterocycles. The topological polar surface area (TPSA) is 54.9 Å². The highest BCUT2D eigenvalue weighted by Crippen LogP contribution is 2.43. The van der Waals surface area contributed by atoms with Crippen molar-refractivity contribution in [1.82, 2.24) is 9.88 Å². The highest BCUT2D eigenvalue weighted by atomic mass is 79.9. The zero-order chi connectivity index (χ0) is 23.8. The number of amides is 1. The van der Waals surface area contributed by atoms with Crippen molar-refractivity contribution in [2.75, 3.05) is 31.6 Å². The largest absolute Gasteiger partial charge is 0.496 e. The zero-order valence-corrected chi connectivity index (χ0v) is 21.4. The van der Waals surface area contributed by atoms with Crippen LogP contribution in [0, 0.1) is 6.92 Å². The van der Waals surface area contributed by atoms with Crippen LogP contribution in [0.1, 0.15) is 32.7 Å². The molecule has 0 N–H and O–H groups in total. The minimum Gasteiger partial charge on any atom is -0.496 e. The molecule has 2 aliphatic rings. The van der Waals surface area contributed by atoms with Crippen molar-refractivity contribution in [2.45, 2.75) is 26.5 Å². The van der Waals surface area contributed by atoms with Gasteiger partial charge in [0, 0.05) is 35.9 Å². The maximum Gasteiger partial charge on any atom is 0.257 e. The number of anilines is 1. The van der Waals surface area contributed by atoms with E-state index in [9.17, 15) is 4.79 Å². The molecule has 0 atom stereocenters. The number of ether oxygens (including phenoxy) is 2. The van der Waals surface area contributed by atoms with Crippen LogP contribution >= 0.6 is 27.5 Å². The van der Waals surface area contributed by atoms with Gasteiger partial charge in [-0.25, -0.2) is 4.98 Å². The quantitative estimate of drug-likeness (QED) is 0.417. The zero-order valence-electron chi connectivity index (χ0n) is 19.1. The molecule has 0 saturated carbocycles. The third-order valence-corrected chi connectivity index (χ3v) is 7.59. The van der Waals surface area contributed by atoms with E-state index >= 15 is 0 Å². The van der Waals surface area contributed by atoms with Crippen molar-refractivity contribution in [2.24, 2.45) is 0 Å². The van der Waals surface area contributed by atoms with Gasteiger partial charge >= 0.3 is 0 Å². The van der Waals surface area contributed by atoms with E-state index in [-0.39, 0.29) is 5.91 Å². The molecule has 0 spiro atoms. The van der Waals surface area contributed by atoms with Crippen LogP contribution in [0.25, 0.3) is 0 Å². The summed E-state index contributed by atoms with van der Waals surface area (Å²) in [4.78, 5) is 22.5. The van der Waals surface area contributed by atoms with E-state index in [2.05, 4.69) is 25.8 Å². The van der Waals surface area contributed by atoms with E-state index < -0.39 is 0 Å². The first kappa shape index (κ1) is 23.0. The second-order valence-electron chi connectivity index (χ2n) is 8.54. The Kier molecular flexibility index (Phi) is 6.40. The van der Waals surface area contributed by atoms with Crippen LogP contribution in [0.2, 0.25) is 5.02 Å². The maximum absolute atomic E-state index is 13.8. The van der Waals surface area contributed by atoms with Gasteiger partial charge in [-0.1, -0.05) is 41.9 Å². The van der Waals surface area contributed by atoms with E-state index in [1.54, 1.807) is 7.11 Å². The number of hydrogen-bond donors (Lipinski definition) is 0. The summed E-state index contributed by atoms with van der Waals surface area (Å²) < 4.78 is 12.6. The number of methoxy groups -OCH3 is 1. The van der Waals surface area contributed by atoms with Crippen molar-refractivity contribution in [3.05, 3.63) is 79.9 Å². The third kappa shape index (κ3) is 4.23. The fraction of sp³-hybridized carbons (Fsp3) is 0.308. The number of pyridine rings is 1. The van der Waals surface area contributed by atoms with Gasteiger partial charge in [0.2, 0.25) is 5.88 Å². The van der Waals surface area contributed by atoms with Crippen LogP contribution < -0.4 is 14.4 Å². The van der Waals surface area contributed by atoms with E-state index in [1.807, 2.05) is 54.3 Å². The van der Waals surface area contributed by atoms with Gasteiger partial charge in [0.05, 0.1) is 35.5 Å². The fourth-order valence-electron chi connectivity index (χ4n) is 4.66. The van der Waals surface area contributed by atoms with Crippen molar-refractivity contribution in [3.8, 4) is 11.6 Å². The standard InChI is InChI=1S/C26H25BrClN3O3/c1-16-12-21(33-2)19(25(29-16)34-15-17-6-4-3-5-7-17)14-31-11-10-30-9-8-18-13-20(27)23(28)22(24(18)30)26(31)32/h3-7,12-13H,8-11,14-15H2,1-2H3. The van der Waals surface area contributed by atoms with Gasteiger partial charge in [-0.3, -0.25) is 4.79 Å². The average Bonchev–Trinajstić information content (AvgIpc) is 3.17. The lowest BCUT2D eigenvalue weighted by Crippen LogP contribution is -2.34. The monoisotopic (exact) mass is 541 g/mol. The summed E-state index contributed by atoms with van der Waals surface area (Å²) >= 11 is 10.2. The van der Waals surface area contributed by atoms with Gasteiger partial charge in [0.1, 0.15) is 12.4 Å². The van der Waals surface area contributed by atoms with Crippen molar-refractivity contribution in [1.29, 1.82) is 0 Å². The van der Waals surface area contributed by atoms with E-state index in [0.717, 1.165) is 52.1 Å². The lowest BCUT2D eigenvalue weighted by molar-refractivity contribution is 0.0751. The van der Waals surface area contributed by atoms with Crippen molar-refractivity contribution in [3.63, 3.8) is 0 Å². The number of carbonyl (C=O) groups is 1. The molecule has 0 fully saturated rings. The second kappa shape index (κ2) is 9.47. The van der Waals surface area contributed by atoms with Gasteiger partial charge in [0.15, 0.2) is 0 Å². The molecule has 5 rings (SSSR count). The Balaban J connectivity index is 1.50. The average molecular weight is 543 g/mol. The smallest absolute Gasteiger partial charge is 0.257 e. The van der Waals surface area contributed by atoms with Crippen LogP contribution in [-0.2, 0) is 19.6 Å². The van der Waals surface area contributed by atoms with Crippen LogP contribution in [0.15, 0.2) is 46.9 Å². The molecule has 8 heteroatoms. The summed E-state index contributed by atoms with van der Waals surface area (Å²) in [5, 5.41) is 0.456. The summed E-state index contributed by atoms with van der Waals surface area (Å²) in [5.74, 6) is 1.03. The first-order valence-corrected chi connectivity index (χ1v) is 12.4. The normalized spacial score (nSPS) is 14.8. The summed E-state index contributed by atoms with van der Waals surface area (Å²) in [6.45, 7) is 4.78. The predicted octanol–water partition coefficient (Wildman–Crippen LogP) is 5.41. The first-order chi connectivity index (χ1) is 16.5. The van der Waals surface area contributed by atoms with E-state index in [0.29, 0.717) is 41.9 Å². The van der Waals surface area contributed by atoms with Crippen LogP contribution in [-0.4, -0.2) is 42.5 Å². The van der Waals surface area contributed by atoms with E-state index in [1.165, 1.54) is 0 Å². The van der Waals surface area contributed by atoms with Gasteiger partial charge in [-0.15, -0.1) is 0 Å². The van der Waals surface area contributed by atoms with Crippen molar-refractivity contribution >= 4 is 39.1 Å². The molecular formula is C26H25BrClN3O3. The minimum atomic E-state index is -0.0939. The molecule has 2 aliphatic heterocycles. The number of carbonyl (C=O) groups excluding carboxylic acids is 1. The molecular weight excluding hydrogens is 518 g/mol. The number of benzene rings is 2. The van der Waals surface area contributed by atoms with Crippen LogP contribution in [0.3, 0.4) is 0 Å². The molecule has 176 valence electrons. The SMILES string of the molecule is COc1cc(C)nc(OCc2ccccc2)c1CN1CCN2CCc3cc(Br)c(Cl)c(c32)C1=O. The number of rotatable bonds is 6. The molecule has 0 aliphatic carbocycles. The second-order valence-corrected chi connectivity index (χ2v) is 9.78. The Bertz CT molecular complexity index is 1250. The minimum absolute atomic E-state index is 0.0939. The summed E-state index contributed by atoms with van der Waals surface area (Å²) in [6, 6.07) is 13.8. The Morgan fingerprint density at radius 2 is 1.94 bits per heavy atom. The summed E-state index contributed by atoms with van der Waals surface area (Å²) in [6.07, 6.45) is 0.915. The first-order valence-electron chi connectivity index (χ1n) is 11.2. The Hall–Kier alpha value is -2.77. The Morgan fingerprint density at radius 3 is 2.71 bits per heavy atom. The van der Waals surface area contributed by atoms with Gasteiger partial charge < -0.3 is 19.3 Å². The molecule has 1 amide bonds. The number of nitrogens with zero attached hydrogens (tertiary/aromatic N) is 3. The molecule has 0 unspecified atom stereocenters. The highest BCUT2D eigenvalue weighted by molar-refractivity contribution is 9.10. The van der Waals surface area contributed by atoms with Crippen LogP contribution in [0.5, 0.6) is 11.6 Å². The fourth-order valence-corrected chi connectivity index (χ4v) is 5.36. The molecule has 6 nitrogen and oxygen atoms in total. The molecule has 3 aromatic rings. The Labute approximate surface area is 212 Å². The van der Waals surface area contributed by atoms with E-state index in [4.69, 9.17) is 21.1 Å². The number of aryl methyl sites for hydroxylation is 1. The van der Waals surface area contributed by atoms with Gasteiger partial charge in [0.25, 0.3) is 5.91 Å². The van der Waals surface area contributed by atoms with Gasteiger partial charge in [-0.05, 0) is 46.5 Å². The number of halogens is 2. The summed E-state index contributed by atoms with van der Waals surface area (Å²) in [7, 11) is 1.62. The number of hydrogen-bond acceptors (Lipinski definition) is 5. The lowest BCUT2D eigenvalue weighted by Gasteiger charge is -2.24. The molecule has 34 heavy (non-hydrogen) atoms. The summed E-state index contributed by atoms with van der Waals surface area (Å²) in [5.41, 5.74) is 5.26. The molecule has 2 aromatic carbocycles. The molecule has 0 bridgehead atoms. The van der Waals surface area contributed by atoms with Gasteiger partial charge in [-0.2, -0.15) is 0 Å². The number of aromatic nitrogens is 1. The molecule has 1 aromatic heterocycles. The molecule has 0 radical (unpaired) electrons. The van der Waals surface area contributed by atoms with Crippen molar-refractivity contribution < 1.29 is 14.3 Å². The molecule has 3 heterocycles. The third-order valence-electron chi connectivity index (χ3n) is 6.34. The predicted molar refractivity (Wildman–Crippen MR) is 136 cm³/mol. The van der Waals surface area contributed by atoms with Crippen LogP contribution in [0.4, 0.5) is 5.69 Å². The maximum atomic E-state index is 13.8. The lowest BCUT2D eigenvalue weighted by atomic mass is 10.1.